The second-order valence-corrected chi connectivity index (χ2v) is 6.28. The molecule has 2 aromatic rings. The number of Topliss-reactive ketones (excluding diaryl/α,β-unsaturated/α-hetero) is 1. The number of phenolic OH excluding ortho intramolecular Hbond substituents is 2. The summed E-state index contributed by atoms with van der Waals surface area (Å²) in [7, 11) is 1.38. The van der Waals surface area contributed by atoms with Gasteiger partial charge in [-0.15, -0.1) is 0 Å². The molecule has 0 aliphatic carbocycles. The van der Waals surface area contributed by atoms with Crippen LogP contribution in [0.3, 0.4) is 0 Å². The summed E-state index contributed by atoms with van der Waals surface area (Å²) >= 11 is 5.91. The lowest BCUT2D eigenvalue weighted by Gasteiger charge is -2.23. The van der Waals surface area contributed by atoms with Gasteiger partial charge >= 0.3 is 0 Å². The molecule has 0 atom stereocenters. The molecule has 1 aliphatic heterocycles. The van der Waals surface area contributed by atoms with Gasteiger partial charge < -0.3 is 25.6 Å². The summed E-state index contributed by atoms with van der Waals surface area (Å²) in [4.78, 5) is 13.2. The van der Waals surface area contributed by atoms with Crippen LogP contribution in [0.15, 0.2) is 42.2 Å². The van der Waals surface area contributed by atoms with Crippen LogP contribution in [0.1, 0.15) is 22.3 Å². The van der Waals surface area contributed by atoms with Crippen molar-refractivity contribution in [2.75, 3.05) is 20.2 Å². The van der Waals surface area contributed by atoms with E-state index < -0.39 is 0 Å². The summed E-state index contributed by atoms with van der Waals surface area (Å²) in [6.45, 7) is 1.45. The average Bonchev–Trinajstić information content (AvgIpc) is 2.66. The predicted molar refractivity (Wildman–Crippen MR) is 99.6 cm³/mol. The first-order valence-electron chi connectivity index (χ1n) is 8.14. The summed E-state index contributed by atoms with van der Waals surface area (Å²) in [5.41, 5.74) is 1.23. The SMILES string of the molecule is COc1cc(C(C(=O)c2ccc(Cl)cc2)=C2NCCCN2)cc(O)c1O. The van der Waals surface area contributed by atoms with Gasteiger partial charge in [-0.05, 0) is 48.4 Å². The van der Waals surface area contributed by atoms with E-state index in [-0.39, 0.29) is 23.0 Å². The summed E-state index contributed by atoms with van der Waals surface area (Å²) in [5.74, 6) is -0.326. The van der Waals surface area contributed by atoms with Gasteiger partial charge in [-0.2, -0.15) is 0 Å². The number of ether oxygens (including phenoxy) is 1. The number of nitrogens with one attached hydrogen (secondary N) is 2. The van der Waals surface area contributed by atoms with Crippen LogP contribution in [0.2, 0.25) is 5.02 Å². The van der Waals surface area contributed by atoms with Crippen LogP contribution in [-0.4, -0.2) is 36.2 Å². The van der Waals surface area contributed by atoms with Gasteiger partial charge in [0.05, 0.1) is 12.7 Å². The third-order valence-electron chi connectivity index (χ3n) is 4.10. The van der Waals surface area contributed by atoms with Crippen LogP contribution in [-0.2, 0) is 0 Å². The van der Waals surface area contributed by atoms with E-state index in [1.165, 1.54) is 19.2 Å². The van der Waals surface area contributed by atoms with Crippen LogP contribution < -0.4 is 15.4 Å². The second-order valence-electron chi connectivity index (χ2n) is 5.84. The Labute approximate surface area is 156 Å². The molecule has 3 rings (SSSR count). The highest BCUT2D eigenvalue weighted by Crippen LogP contribution is 2.39. The number of methoxy groups -OCH3 is 1. The van der Waals surface area contributed by atoms with Gasteiger partial charge in [0.15, 0.2) is 17.3 Å². The average molecular weight is 375 g/mol. The molecule has 26 heavy (non-hydrogen) atoms. The second kappa shape index (κ2) is 7.58. The van der Waals surface area contributed by atoms with E-state index in [0.29, 0.717) is 27.5 Å². The van der Waals surface area contributed by atoms with Crippen molar-refractivity contribution in [1.29, 1.82) is 0 Å². The minimum atomic E-state index is -0.371. The lowest BCUT2D eigenvalue weighted by molar-refractivity contribution is 0.105. The molecule has 7 heteroatoms. The van der Waals surface area contributed by atoms with E-state index >= 15 is 0 Å². The minimum absolute atomic E-state index is 0.0813. The van der Waals surface area contributed by atoms with Crippen molar-refractivity contribution in [2.45, 2.75) is 6.42 Å². The van der Waals surface area contributed by atoms with Crippen LogP contribution in [0.4, 0.5) is 0 Å². The van der Waals surface area contributed by atoms with Gasteiger partial charge in [0.2, 0.25) is 5.75 Å². The molecule has 0 bridgehead atoms. The Balaban J connectivity index is 2.15. The van der Waals surface area contributed by atoms with E-state index in [2.05, 4.69) is 10.6 Å². The van der Waals surface area contributed by atoms with Gasteiger partial charge in [-0.25, -0.2) is 0 Å². The zero-order valence-corrected chi connectivity index (χ0v) is 14.9. The van der Waals surface area contributed by atoms with E-state index in [9.17, 15) is 15.0 Å². The maximum absolute atomic E-state index is 13.2. The van der Waals surface area contributed by atoms with Crippen LogP contribution in [0.25, 0.3) is 5.57 Å². The van der Waals surface area contributed by atoms with E-state index in [4.69, 9.17) is 16.3 Å². The number of benzene rings is 2. The Morgan fingerprint density at radius 1 is 1.08 bits per heavy atom. The quantitative estimate of drug-likeness (QED) is 0.374. The minimum Gasteiger partial charge on any atom is -0.504 e. The molecule has 6 nitrogen and oxygen atoms in total. The first kappa shape index (κ1) is 17.9. The highest BCUT2D eigenvalue weighted by molar-refractivity contribution is 6.32. The Hall–Kier alpha value is -2.86. The molecule has 0 radical (unpaired) electrons. The van der Waals surface area contributed by atoms with Crippen molar-refractivity contribution in [2.24, 2.45) is 0 Å². The molecule has 0 saturated carbocycles. The summed E-state index contributed by atoms with van der Waals surface area (Å²) in [6.07, 6.45) is 0.927. The number of ketones is 1. The third kappa shape index (κ3) is 3.55. The largest absolute Gasteiger partial charge is 0.504 e. The fraction of sp³-hybridized carbons (Fsp3) is 0.211. The van der Waals surface area contributed by atoms with Crippen LogP contribution in [0, 0.1) is 0 Å². The summed E-state index contributed by atoms with van der Waals surface area (Å²) in [6, 6.07) is 9.44. The van der Waals surface area contributed by atoms with E-state index in [1.54, 1.807) is 24.3 Å². The molecule has 0 unspecified atom stereocenters. The Bertz CT molecular complexity index is 855. The molecule has 0 amide bonds. The fourth-order valence-corrected chi connectivity index (χ4v) is 2.91. The van der Waals surface area contributed by atoms with Crippen molar-refractivity contribution in [3.05, 3.63) is 58.4 Å². The zero-order chi connectivity index (χ0) is 18.7. The zero-order valence-electron chi connectivity index (χ0n) is 14.2. The van der Waals surface area contributed by atoms with Gasteiger partial charge in [0.25, 0.3) is 0 Å². The maximum atomic E-state index is 13.2. The molecule has 136 valence electrons. The van der Waals surface area contributed by atoms with Crippen molar-refractivity contribution in [3.8, 4) is 17.2 Å². The van der Waals surface area contributed by atoms with E-state index in [0.717, 1.165) is 19.5 Å². The third-order valence-corrected chi connectivity index (χ3v) is 4.36. The van der Waals surface area contributed by atoms with Crippen LogP contribution >= 0.6 is 11.6 Å². The summed E-state index contributed by atoms with van der Waals surface area (Å²) in [5, 5.41) is 26.8. The topological polar surface area (TPSA) is 90.8 Å². The van der Waals surface area contributed by atoms with Gasteiger partial charge in [0.1, 0.15) is 5.82 Å². The molecule has 1 heterocycles. The molecular weight excluding hydrogens is 356 g/mol. The Kier molecular flexibility index (Phi) is 5.23. The van der Waals surface area contributed by atoms with Crippen molar-refractivity contribution < 1.29 is 19.7 Å². The molecule has 2 aromatic carbocycles. The first-order chi connectivity index (χ1) is 12.5. The fourth-order valence-electron chi connectivity index (χ4n) is 2.78. The van der Waals surface area contributed by atoms with Crippen molar-refractivity contribution in [3.63, 3.8) is 0 Å². The normalized spacial score (nSPS) is 13.5. The highest BCUT2D eigenvalue weighted by atomic mass is 35.5. The molecule has 0 aromatic heterocycles. The number of aromatic hydroxyl groups is 2. The van der Waals surface area contributed by atoms with Gasteiger partial charge in [0, 0.05) is 23.7 Å². The maximum Gasteiger partial charge on any atom is 0.200 e. The highest BCUT2D eigenvalue weighted by Gasteiger charge is 2.23. The number of carbonyl (C=O) groups is 1. The number of hydrogen-bond acceptors (Lipinski definition) is 6. The van der Waals surface area contributed by atoms with Gasteiger partial charge in [-0.1, -0.05) is 11.6 Å². The lowest BCUT2D eigenvalue weighted by Crippen LogP contribution is -2.37. The molecule has 1 saturated heterocycles. The monoisotopic (exact) mass is 374 g/mol. The first-order valence-corrected chi connectivity index (χ1v) is 8.51. The molecular formula is C19H19ClN2O4. The van der Waals surface area contributed by atoms with E-state index in [1.807, 2.05) is 0 Å². The lowest BCUT2D eigenvalue weighted by atomic mass is 9.95. The molecule has 0 spiro atoms. The Morgan fingerprint density at radius 2 is 1.73 bits per heavy atom. The number of hydrogen-bond donors (Lipinski definition) is 4. The molecule has 1 fully saturated rings. The van der Waals surface area contributed by atoms with Crippen molar-refractivity contribution >= 4 is 23.0 Å². The number of halogens is 1. The van der Waals surface area contributed by atoms with Crippen LogP contribution in [0.5, 0.6) is 17.2 Å². The molecule has 1 aliphatic rings. The Morgan fingerprint density at radius 3 is 2.35 bits per heavy atom. The number of phenols is 2. The predicted octanol–water partition coefficient (Wildman–Crippen LogP) is 2.89. The standard InChI is InChI=1S/C19H19ClN2O4/c1-26-15-10-12(9-14(23)18(15)25)16(19-21-7-2-8-22-19)17(24)11-3-5-13(20)6-4-11/h3-6,9-10,21-23,25H,2,7-8H2,1H3. The number of carbonyl (C=O) groups excluding carboxylic acids is 1. The summed E-state index contributed by atoms with van der Waals surface area (Å²) < 4.78 is 5.10. The molecule has 4 N–H and O–H groups in total. The number of allylic oxidation sites excluding steroid dienone is 1. The smallest absolute Gasteiger partial charge is 0.200 e. The number of rotatable bonds is 4. The van der Waals surface area contributed by atoms with Crippen molar-refractivity contribution in [1.82, 2.24) is 10.6 Å². The van der Waals surface area contributed by atoms with Gasteiger partial charge in [-0.3, -0.25) is 4.79 Å².